The molecule has 1 aliphatic rings. The van der Waals surface area contributed by atoms with Crippen LogP contribution in [0.4, 0.5) is 0 Å². The third kappa shape index (κ3) is 3.11. The van der Waals surface area contributed by atoms with Crippen molar-refractivity contribution in [2.24, 2.45) is 0 Å². The number of hydrogen-bond acceptors (Lipinski definition) is 6. The number of nitrogens with zero attached hydrogens (tertiary/aromatic N) is 5. The van der Waals surface area contributed by atoms with Crippen molar-refractivity contribution >= 4 is 33.2 Å². The fourth-order valence-corrected chi connectivity index (χ4v) is 4.19. The monoisotopic (exact) mass is 421 g/mol. The fraction of sp³-hybridized carbons (Fsp3) is 0.400. The van der Waals surface area contributed by atoms with E-state index in [-0.39, 0.29) is 11.9 Å². The van der Waals surface area contributed by atoms with E-state index in [1.807, 2.05) is 18.5 Å². The molecule has 130 valence electrons. The zero-order valence-corrected chi connectivity index (χ0v) is 16.1. The molecule has 1 unspecified atom stereocenters. The maximum absolute atomic E-state index is 12.7. The molecule has 1 amide bonds. The Morgan fingerprint density at radius 3 is 3.04 bits per heavy atom. The van der Waals surface area contributed by atoms with Crippen LogP contribution < -0.4 is 5.32 Å². The van der Waals surface area contributed by atoms with Gasteiger partial charge in [-0.15, -0.1) is 16.4 Å². The summed E-state index contributed by atoms with van der Waals surface area (Å²) in [6.07, 6.45) is 3.12. The van der Waals surface area contributed by atoms with Crippen molar-refractivity contribution in [3.05, 3.63) is 33.0 Å². The van der Waals surface area contributed by atoms with Crippen molar-refractivity contribution in [1.82, 2.24) is 35.3 Å². The molecule has 0 aliphatic carbocycles. The number of carbonyl (C=O) groups excluding carboxylic acids is 1. The second-order valence-corrected chi connectivity index (χ2v) is 7.92. The van der Waals surface area contributed by atoms with E-state index in [2.05, 4.69) is 46.5 Å². The molecule has 0 saturated carbocycles. The highest BCUT2D eigenvalue weighted by Gasteiger charge is 2.25. The first-order chi connectivity index (χ1) is 12.0. The molecule has 3 aromatic rings. The molecule has 10 heteroatoms. The predicted molar refractivity (Wildman–Crippen MR) is 96.5 cm³/mol. The number of amides is 1. The minimum Gasteiger partial charge on any atom is -0.347 e. The number of thiazole rings is 1. The maximum atomic E-state index is 12.7. The van der Waals surface area contributed by atoms with Crippen LogP contribution in [0.5, 0.6) is 0 Å². The lowest BCUT2D eigenvalue weighted by molar-refractivity contribution is 0.0925. The quantitative estimate of drug-likeness (QED) is 0.674. The van der Waals surface area contributed by atoms with E-state index in [4.69, 9.17) is 0 Å². The topological polar surface area (TPSA) is 101 Å². The Bertz CT molecular complexity index is 924. The van der Waals surface area contributed by atoms with Crippen LogP contribution in [0, 0.1) is 13.8 Å². The number of halogens is 1. The van der Waals surface area contributed by atoms with Crippen molar-refractivity contribution in [2.45, 2.75) is 39.3 Å². The lowest BCUT2D eigenvalue weighted by Gasteiger charge is -2.23. The van der Waals surface area contributed by atoms with E-state index < -0.39 is 0 Å². The Morgan fingerprint density at radius 1 is 1.44 bits per heavy atom. The molecule has 0 fully saturated rings. The van der Waals surface area contributed by atoms with Crippen molar-refractivity contribution in [3.8, 4) is 10.6 Å². The van der Waals surface area contributed by atoms with Gasteiger partial charge in [-0.3, -0.25) is 9.89 Å². The summed E-state index contributed by atoms with van der Waals surface area (Å²) < 4.78 is 2.45. The van der Waals surface area contributed by atoms with E-state index in [0.717, 1.165) is 39.9 Å². The van der Waals surface area contributed by atoms with E-state index in [0.29, 0.717) is 16.8 Å². The third-order valence-corrected chi connectivity index (χ3v) is 5.74. The number of nitrogens with one attached hydrogen (secondary N) is 2. The molecule has 0 radical (unpaired) electrons. The van der Waals surface area contributed by atoms with Gasteiger partial charge in [0.05, 0.1) is 17.5 Å². The van der Waals surface area contributed by atoms with Gasteiger partial charge in [-0.05, 0) is 36.2 Å². The average Bonchev–Trinajstić information content (AvgIpc) is 3.25. The molecule has 25 heavy (non-hydrogen) atoms. The molecule has 2 N–H and O–H groups in total. The van der Waals surface area contributed by atoms with Gasteiger partial charge in [-0.25, -0.2) is 14.6 Å². The number of carbonyl (C=O) groups is 1. The van der Waals surface area contributed by atoms with Gasteiger partial charge in [-0.2, -0.15) is 5.10 Å². The molecule has 0 saturated heterocycles. The molecule has 0 bridgehead atoms. The number of aromatic amines is 1. The Hall–Kier alpha value is -2.07. The Labute approximate surface area is 156 Å². The molecule has 1 aliphatic heterocycles. The van der Waals surface area contributed by atoms with E-state index in [9.17, 15) is 4.79 Å². The van der Waals surface area contributed by atoms with Crippen LogP contribution in [0.25, 0.3) is 10.6 Å². The first-order valence-corrected chi connectivity index (χ1v) is 9.50. The zero-order chi connectivity index (χ0) is 17.6. The van der Waals surface area contributed by atoms with Crippen LogP contribution in [-0.4, -0.2) is 41.9 Å². The van der Waals surface area contributed by atoms with Crippen LogP contribution in [0.3, 0.4) is 0 Å². The number of aryl methyl sites for hydroxylation is 3. The molecule has 1 atom stereocenters. The van der Waals surface area contributed by atoms with Crippen LogP contribution in [0.15, 0.2) is 10.9 Å². The Balaban J connectivity index is 1.52. The number of H-pyrrole nitrogens is 1. The van der Waals surface area contributed by atoms with Crippen LogP contribution in [0.2, 0.25) is 0 Å². The highest BCUT2D eigenvalue weighted by Crippen LogP contribution is 2.29. The normalized spacial score (nSPS) is 16.7. The van der Waals surface area contributed by atoms with Gasteiger partial charge in [0.15, 0.2) is 0 Å². The average molecular weight is 422 g/mol. The fourth-order valence-electron chi connectivity index (χ4n) is 2.86. The molecule has 4 rings (SSSR count). The molecule has 3 aromatic heterocycles. The molecular weight excluding hydrogens is 406 g/mol. The van der Waals surface area contributed by atoms with Gasteiger partial charge in [0.2, 0.25) is 4.73 Å². The van der Waals surface area contributed by atoms with Crippen LogP contribution in [0.1, 0.15) is 33.3 Å². The SMILES string of the molecule is Cc1nc(-c2cn[nH]c2C(=O)NC2CCn3nc(Br)nc3C2)sc1C. The van der Waals surface area contributed by atoms with Crippen LogP contribution in [-0.2, 0) is 13.0 Å². The van der Waals surface area contributed by atoms with Gasteiger partial charge in [-0.1, -0.05) is 0 Å². The van der Waals surface area contributed by atoms with Gasteiger partial charge in [0, 0.05) is 23.9 Å². The van der Waals surface area contributed by atoms with Gasteiger partial charge in [0.1, 0.15) is 16.5 Å². The zero-order valence-electron chi connectivity index (χ0n) is 13.7. The van der Waals surface area contributed by atoms with Gasteiger partial charge in [0.25, 0.3) is 5.91 Å². The lowest BCUT2D eigenvalue weighted by Crippen LogP contribution is -2.40. The summed E-state index contributed by atoms with van der Waals surface area (Å²) in [6, 6.07) is 0.0204. The molecule has 4 heterocycles. The first-order valence-electron chi connectivity index (χ1n) is 7.89. The summed E-state index contributed by atoms with van der Waals surface area (Å²) >= 11 is 4.85. The Kier molecular flexibility index (Phi) is 4.16. The summed E-state index contributed by atoms with van der Waals surface area (Å²) in [5, 5.41) is 15.0. The standard InChI is InChI=1S/C15H16BrN7OS/c1-7-8(2)25-14(18-7)10-6-17-21-12(10)13(24)19-9-3-4-23-11(5-9)20-15(16)22-23/h6,9H,3-5H2,1-2H3,(H,17,21)(H,19,24). The summed E-state index contributed by atoms with van der Waals surface area (Å²) in [6.45, 7) is 4.72. The molecule has 0 spiro atoms. The van der Waals surface area contributed by atoms with Gasteiger partial charge < -0.3 is 5.32 Å². The minimum absolute atomic E-state index is 0.0204. The number of fused-ring (bicyclic) bond motifs is 1. The third-order valence-electron chi connectivity index (χ3n) is 4.30. The first kappa shape index (κ1) is 16.4. The molecule has 0 aromatic carbocycles. The summed E-state index contributed by atoms with van der Waals surface area (Å²) in [7, 11) is 0. The number of aromatic nitrogens is 6. The molecule has 8 nitrogen and oxygen atoms in total. The lowest BCUT2D eigenvalue weighted by atomic mass is 10.1. The van der Waals surface area contributed by atoms with Crippen molar-refractivity contribution in [3.63, 3.8) is 0 Å². The largest absolute Gasteiger partial charge is 0.347 e. The van der Waals surface area contributed by atoms with Crippen molar-refractivity contribution in [2.75, 3.05) is 0 Å². The van der Waals surface area contributed by atoms with Crippen molar-refractivity contribution in [1.29, 1.82) is 0 Å². The number of hydrogen-bond donors (Lipinski definition) is 2. The second kappa shape index (κ2) is 6.34. The van der Waals surface area contributed by atoms with E-state index in [1.165, 1.54) is 0 Å². The van der Waals surface area contributed by atoms with E-state index in [1.54, 1.807) is 17.5 Å². The summed E-state index contributed by atoms with van der Waals surface area (Å²) in [5.74, 6) is 0.703. The van der Waals surface area contributed by atoms with Gasteiger partial charge >= 0.3 is 0 Å². The summed E-state index contributed by atoms with van der Waals surface area (Å²) in [5.41, 5.74) is 2.16. The maximum Gasteiger partial charge on any atom is 0.270 e. The Morgan fingerprint density at radius 2 is 2.28 bits per heavy atom. The van der Waals surface area contributed by atoms with Crippen molar-refractivity contribution < 1.29 is 4.79 Å². The number of rotatable bonds is 3. The summed E-state index contributed by atoms with van der Waals surface area (Å²) in [4.78, 5) is 22.7. The molecular formula is C15H16BrN7OS. The predicted octanol–water partition coefficient (Wildman–Crippen LogP) is 2.25. The highest BCUT2D eigenvalue weighted by atomic mass is 79.9. The smallest absolute Gasteiger partial charge is 0.270 e. The van der Waals surface area contributed by atoms with Crippen LogP contribution >= 0.6 is 27.3 Å². The highest BCUT2D eigenvalue weighted by molar-refractivity contribution is 9.10. The minimum atomic E-state index is -0.171. The van der Waals surface area contributed by atoms with E-state index >= 15 is 0 Å². The second-order valence-electron chi connectivity index (χ2n) is 6.00.